The molecule has 2 rings (SSSR count). The Morgan fingerprint density at radius 2 is 2.06 bits per heavy atom. The van der Waals surface area contributed by atoms with Crippen LogP contribution in [0.2, 0.25) is 0 Å². The van der Waals surface area contributed by atoms with Crippen LogP contribution in [0.25, 0.3) is 5.95 Å². The number of imidazole rings is 1. The molecule has 2 heterocycles. The van der Waals surface area contributed by atoms with Crippen LogP contribution in [0.15, 0.2) is 18.7 Å². The quantitative estimate of drug-likeness (QED) is 0.499. The zero-order valence-electron chi connectivity index (χ0n) is 9.43. The Balaban J connectivity index is 2.27. The lowest BCUT2D eigenvalue weighted by molar-refractivity contribution is 0.203. The molecular weight excluding hydrogens is 238 g/mol. The first-order valence-corrected chi connectivity index (χ1v) is 5.21. The van der Waals surface area contributed by atoms with Crippen LogP contribution in [0.4, 0.5) is 11.9 Å². The van der Waals surface area contributed by atoms with Gasteiger partial charge in [0, 0.05) is 12.4 Å². The summed E-state index contributed by atoms with van der Waals surface area (Å²) in [6, 6.07) is -0.553. The molecule has 0 saturated carbocycles. The van der Waals surface area contributed by atoms with Gasteiger partial charge in [-0.15, -0.1) is 0 Å². The van der Waals surface area contributed by atoms with Gasteiger partial charge in [-0.05, 0) is 0 Å². The molecule has 0 saturated heterocycles. The van der Waals surface area contributed by atoms with Gasteiger partial charge in [0.15, 0.2) is 0 Å². The van der Waals surface area contributed by atoms with Crippen molar-refractivity contribution >= 4 is 11.9 Å². The van der Waals surface area contributed by atoms with Gasteiger partial charge in [0.1, 0.15) is 6.33 Å². The Labute approximate surface area is 102 Å². The first kappa shape index (κ1) is 12.2. The Bertz CT molecular complexity index is 498. The fourth-order valence-corrected chi connectivity index (χ4v) is 1.27. The zero-order chi connectivity index (χ0) is 13.0. The van der Waals surface area contributed by atoms with Crippen LogP contribution in [0.3, 0.4) is 0 Å². The zero-order valence-corrected chi connectivity index (χ0v) is 9.43. The minimum atomic E-state index is -0.553. The highest BCUT2D eigenvalue weighted by atomic mass is 16.3. The molecule has 5 N–H and O–H groups in total. The average molecular weight is 251 g/mol. The monoisotopic (exact) mass is 251 g/mol. The number of aliphatic hydroxyl groups is 2. The molecule has 0 aromatic carbocycles. The second kappa shape index (κ2) is 5.38. The predicted molar refractivity (Wildman–Crippen MR) is 62.9 cm³/mol. The van der Waals surface area contributed by atoms with E-state index < -0.39 is 6.04 Å². The highest BCUT2D eigenvalue weighted by Crippen LogP contribution is 2.07. The lowest BCUT2D eigenvalue weighted by Gasteiger charge is -2.13. The van der Waals surface area contributed by atoms with E-state index in [2.05, 4.69) is 25.3 Å². The summed E-state index contributed by atoms with van der Waals surface area (Å²) in [6.07, 6.45) is 4.76. The van der Waals surface area contributed by atoms with Gasteiger partial charge < -0.3 is 21.3 Å². The molecule has 0 aliphatic carbocycles. The van der Waals surface area contributed by atoms with Gasteiger partial charge in [-0.25, -0.2) is 4.98 Å². The summed E-state index contributed by atoms with van der Waals surface area (Å²) < 4.78 is 1.57. The standard InChI is InChI=1S/C9H13N7O2/c10-7-13-8(12-6(3-17)4-18)15-9(14-7)16-2-1-11-5-16/h1-2,5-6,17-18H,3-4H2,(H3,10,12,13,14,15). The summed E-state index contributed by atoms with van der Waals surface area (Å²) in [4.78, 5) is 15.8. The predicted octanol–water partition coefficient (Wildman–Crippen LogP) is -1.60. The Hall–Kier alpha value is -2.26. The number of aliphatic hydroxyl groups excluding tert-OH is 2. The van der Waals surface area contributed by atoms with Crippen molar-refractivity contribution in [1.82, 2.24) is 24.5 Å². The topological polar surface area (TPSA) is 135 Å². The van der Waals surface area contributed by atoms with Crippen molar-refractivity contribution < 1.29 is 10.2 Å². The van der Waals surface area contributed by atoms with Crippen LogP contribution in [-0.4, -0.2) is 54.0 Å². The number of nitrogen functional groups attached to an aromatic ring is 1. The van der Waals surface area contributed by atoms with Gasteiger partial charge in [0.2, 0.25) is 17.8 Å². The van der Waals surface area contributed by atoms with E-state index >= 15 is 0 Å². The van der Waals surface area contributed by atoms with E-state index in [1.54, 1.807) is 17.0 Å². The first-order valence-electron chi connectivity index (χ1n) is 5.21. The Morgan fingerprint density at radius 1 is 1.28 bits per heavy atom. The third-order valence-electron chi connectivity index (χ3n) is 2.15. The number of aromatic nitrogens is 5. The first-order chi connectivity index (χ1) is 8.72. The molecule has 0 unspecified atom stereocenters. The van der Waals surface area contributed by atoms with Crippen LogP contribution in [0, 0.1) is 0 Å². The van der Waals surface area contributed by atoms with Gasteiger partial charge in [0.05, 0.1) is 19.3 Å². The molecular formula is C9H13N7O2. The van der Waals surface area contributed by atoms with E-state index in [9.17, 15) is 0 Å². The lowest BCUT2D eigenvalue weighted by Crippen LogP contribution is -2.29. The molecule has 0 aliphatic rings. The molecule has 0 bridgehead atoms. The third kappa shape index (κ3) is 2.70. The molecule has 2 aromatic rings. The van der Waals surface area contributed by atoms with Crippen molar-refractivity contribution in [3.63, 3.8) is 0 Å². The maximum Gasteiger partial charge on any atom is 0.241 e. The van der Waals surface area contributed by atoms with Crippen LogP contribution in [0.5, 0.6) is 0 Å². The van der Waals surface area contributed by atoms with Crippen molar-refractivity contribution in [3.05, 3.63) is 18.7 Å². The summed E-state index contributed by atoms with van der Waals surface area (Å²) in [7, 11) is 0. The van der Waals surface area contributed by atoms with Crippen molar-refractivity contribution in [2.75, 3.05) is 24.3 Å². The van der Waals surface area contributed by atoms with E-state index in [0.717, 1.165) is 0 Å². The second-order valence-electron chi connectivity index (χ2n) is 3.49. The molecule has 0 fully saturated rings. The van der Waals surface area contributed by atoms with Gasteiger partial charge in [-0.2, -0.15) is 15.0 Å². The molecule has 9 heteroatoms. The number of rotatable bonds is 5. The van der Waals surface area contributed by atoms with Gasteiger partial charge in [-0.3, -0.25) is 4.57 Å². The molecule has 0 spiro atoms. The third-order valence-corrected chi connectivity index (χ3v) is 2.15. The van der Waals surface area contributed by atoms with Crippen LogP contribution in [-0.2, 0) is 0 Å². The summed E-state index contributed by atoms with van der Waals surface area (Å²) >= 11 is 0. The van der Waals surface area contributed by atoms with E-state index in [4.69, 9.17) is 15.9 Å². The number of nitrogens with one attached hydrogen (secondary N) is 1. The lowest BCUT2D eigenvalue weighted by atomic mass is 10.3. The number of hydrogen-bond donors (Lipinski definition) is 4. The van der Waals surface area contributed by atoms with E-state index in [-0.39, 0.29) is 25.1 Å². The minimum absolute atomic E-state index is 0.0332. The van der Waals surface area contributed by atoms with Crippen LogP contribution in [0.1, 0.15) is 0 Å². The van der Waals surface area contributed by atoms with Crippen molar-refractivity contribution in [1.29, 1.82) is 0 Å². The summed E-state index contributed by atoms with van der Waals surface area (Å²) in [5.41, 5.74) is 5.56. The summed E-state index contributed by atoms with van der Waals surface area (Å²) in [5.74, 6) is 0.516. The Kier molecular flexibility index (Phi) is 3.65. The molecule has 2 aromatic heterocycles. The van der Waals surface area contributed by atoms with E-state index in [1.165, 1.54) is 6.33 Å². The molecule has 96 valence electrons. The van der Waals surface area contributed by atoms with Crippen LogP contribution < -0.4 is 11.1 Å². The fraction of sp³-hybridized carbons (Fsp3) is 0.333. The molecule has 9 nitrogen and oxygen atoms in total. The maximum absolute atomic E-state index is 8.97. The van der Waals surface area contributed by atoms with Crippen molar-refractivity contribution in [3.8, 4) is 5.95 Å². The highest BCUT2D eigenvalue weighted by Gasteiger charge is 2.10. The molecule has 0 amide bonds. The van der Waals surface area contributed by atoms with Crippen molar-refractivity contribution in [2.45, 2.75) is 6.04 Å². The highest BCUT2D eigenvalue weighted by molar-refractivity contribution is 5.35. The molecule has 0 aliphatic heterocycles. The van der Waals surface area contributed by atoms with E-state index in [1.807, 2.05) is 0 Å². The summed E-state index contributed by atoms with van der Waals surface area (Å²) in [5, 5.41) is 20.7. The van der Waals surface area contributed by atoms with Gasteiger partial charge >= 0.3 is 0 Å². The van der Waals surface area contributed by atoms with Gasteiger partial charge in [-0.1, -0.05) is 0 Å². The average Bonchev–Trinajstić information content (AvgIpc) is 2.89. The molecule has 0 radical (unpaired) electrons. The largest absolute Gasteiger partial charge is 0.394 e. The SMILES string of the molecule is Nc1nc(NC(CO)CO)nc(-n2ccnc2)n1. The number of nitrogens with zero attached hydrogens (tertiary/aromatic N) is 5. The maximum atomic E-state index is 8.97. The summed E-state index contributed by atoms with van der Waals surface area (Å²) in [6.45, 7) is -0.495. The Morgan fingerprint density at radius 3 is 2.67 bits per heavy atom. The second-order valence-corrected chi connectivity index (χ2v) is 3.49. The fourth-order valence-electron chi connectivity index (χ4n) is 1.27. The molecule has 0 atom stereocenters. The number of nitrogens with two attached hydrogens (primary N) is 1. The number of anilines is 2. The van der Waals surface area contributed by atoms with Crippen LogP contribution >= 0.6 is 0 Å². The van der Waals surface area contributed by atoms with Crippen molar-refractivity contribution in [2.24, 2.45) is 0 Å². The number of hydrogen-bond acceptors (Lipinski definition) is 8. The normalized spacial score (nSPS) is 10.8. The van der Waals surface area contributed by atoms with E-state index in [0.29, 0.717) is 5.95 Å². The molecule has 18 heavy (non-hydrogen) atoms. The minimum Gasteiger partial charge on any atom is -0.394 e. The van der Waals surface area contributed by atoms with Gasteiger partial charge in [0.25, 0.3) is 0 Å². The smallest absolute Gasteiger partial charge is 0.241 e.